The van der Waals surface area contributed by atoms with Crippen molar-refractivity contribution in [1.82, 2.24) is 5.43 Å². The Labute approximate surface area is 173 Å². The summed E-state index contributed by atoms with van der Waals surface area (Å²) in [5.74, 6) is -0.175. The number of hydrogen-bond acceptors (Lipinski definition) is 3. The SMILES string of the molecule is C/C(=N/NC(=O)C(C)Nc1ccc(I)c(C)c1)c1ccc2ccccc2c1. The van der Waals surface area contributed by atoms with Crippen LogP contribution < -0.4 is 10.7 Å². The van der Waals surface area contributed by atoms with Crippen LogP contribution in [0.1, 0.15) is 25.0 Å². The van der Waals surface area contributed by atoms with E-state index in [1.54, 1.807) is 0 Å². The number of anilines is 1. The predicted molar refractivity (Wildman–Crippen MR) is 121 cm³/mol. The van der Waals surface area contributed by atoms with E-state index in [1.807, 2.05) is 50.2 Å². The summed E-state index contributed by atoms with van der Waals surface area (Å²) in [5, 5.41) is 9.82. The number of nitrogens with one attached hydrogen (secondary N) is 2. The first-order valence-electron chi connectivity index (χ1n) is 8.80. The highest BCUT2D eigenvalue weighted by atomic mass is 127. The van der Waals surface area contributed by atoms with Crippen molar-refractivity contribution < 1.29 is 4.79 Å². The van der Waals surface area contributed by atoms with Crippen LogP contribution in [0.25, 0.3) is 10.8 Å². The topological polar surface area (TPSA) is 53.5 Å². The number of hydrogen-bond donors (Lipinski definition) is 2. The van der Waals surface area contributed by atoms with Crippen molar-refractivity contribution in [2.75, 3.05) is 5.32 Å². The van der Waals surface area contributed by atoms with Crippen LogP contribution in [-0.4, -0.2) is 17.7 Å². The smallest absolute Gasteiger partial charge is 0.262 e. The molecule has 1 unspecified atom stereocenters. The Morgan fingerprint density at radius 2 is 1.78 bits per heavy atom. The summed E-state index contributed by atoms with van der Waals surface area (Å²) in [6, 6.07) is 20.0. The van der Waals surface area contributed by atoms with Crippen LogP contribution in [0.3, 0.4) is 0 Å². The number of fused-ring (bicyclic) bond motifs is 1. The third-order valence-corrected chi connectivity index (χ3v) is 5.65. The number of carbonyl (C=O) groups excluding carboxylic acids is 1. The molecule has 2 N–H and O–H groups in total. The quantitative estimate of drug-likeness (QED) is 0.309. The molecule has 1 atom stereocenters. The highest BCUT2D eigenvalue weighted by Gasteiger charge is 2.12. The first-order chi connectivity index (χ1) is 12.9. The van der Waals surface area contributed by atoms with Crippen molar-refractivity contribution in [3.63, 3.8) is 0 Å². The zero-order valence-corrected chi connectivity index (χ0v) is 17.7. The Kier molecular flexibility index (Phi) is 6.11. The molecule has 0 aliphatic rings. The Morgan fingerprint density at radius 3 is 2.52 bits per heavy atom. The third-order valence-electron chi connectivity index (χ3n) is 4.44. The second kappa shape index (κ2) is 8.52. The van der Waals surface area contributed by atoms with Crippen molar-refractivity contribution in [3.8, 4) is 0 Å². The van der Waals surface area contributed by atoms with Gasteiger partial charge in [-0.15, -0.1) is 0 Å². The summed E-state index contributed by atoms with van der Waals surface area (Å²) < 4.78 is 1.20. The van der Waals surface area contributed by atoms with Gasteiger partial charge >= 0.3 is 0 Å². The fourth-order valence-electron chi connectivity index (χ4n) is 2.76. The number of nitrogens with zero attached hydrogens (tertiary/aromatic N) is 1. The second-order valence-corrected chi connectivity index (χ2v) is 7.73. The molecule has 27 heavy (non-hydrogen) atoms. The lowest BCUT2D eigenvalue weighted by Crippen LogP contribution is -2.35. The Hall–Kier alpha value is -2.41. The molecule has 0 saturated carbocycles. The van der Waals surface area contributed by atoms with E-state index < -0.39 is 6.04 Å². The molecule has 0 radical (unpaired) electrons. The lowest BCUT2D eigenvalue weighted by molar-refractivity contribution is -0.121. The molecule has 0 aliphatic heterocycles. The fraction of sp³-hybridized carbons (Fsp3) is 0.182. The molecule has 0 bridgehead atoms. The number of amides is 1. The third kappa shape index (κ3) is 4.86. The van der Waals surface area contributed by atoms with Gasteiger partial charge in [0.25, 0.3) is 5.91 Å². The van der Waals surface area contributed by atoms with Crippen LogP contribution in [0.15, 0.2) is 65.8 Å². The van der Waals surface area contributed by atoms with Gasteiger partial charge in [-0.05, 0) is 89.5 Å². The van der Waals surface area contributed by atoms with Crippen molar-refractivity contribution >= 4 is 50.7 Å². The van der Waals surface area contributed by atoms with E-state index in [2.05, 4.69) is 69.6 Å². The molecule has 3 aromatic rings. The van der Waals surface area contributed by atoms with Gasteiger partial charge in [0.05, 0.1) is 5.71 Å². The molecule has 0 aliphatic carbocycles. The van der Waals surface area contributed by atoms with Gasteiger partial charge in [-0.3, -0.25) is 4.79 Å². The average Bonchev–Trinajstić information content (AvgIpc) is 2.68. The molecule has 3 aromatic carbocycles. The Bertz CT molecular complexity index is 1010. The maximum Gasteiger partial charge on any atom is 0.262 e. The summed E-state index contributed by atoms with van der Waals surface area (Å²) in [6.45, 7) is 5.77. The first kappa shape index (κ1) is 19.4. The van der Waals surface area contributed by atoms with E-state index in [4.69, 9.17) is 0 Å². The molecule has 0 spiro atoms. The first-order valence-corrected chi connectivity index (χ1v) is 9.88. The van der Waals surface area contributed by atoms with Crippen LogP contribution in [0, 0.1) is 10.5 Å². The molecule has 5 heteroatoms. The van der Waals surface area contributed by atoms with Gasteiger partial charge in [-0.1, -0.05) is 36.4 Å². The van der Waals surface area contributed by atoms with Crippen LogP contribution in [0.4, 0.5) is 5.69 Å². The van der Waals surface area contributed by atoms with E-state index in [1.165, 1.54) is 14.5 Å². The number of benzene rings is 3. The monoisotopic (exact) mass is 471 g/mol. The summed E-state index contributed by atoms with van der Waals surface area (Å²) in [5.41, 5.74) is 6.52. The van der Waals surface area contributed by atoms with Crippen molar-refractivity contribution in [2.24, 2.45) is 5.10 Å². The summed E-state index contributed by atoms with van der Waals surface area (Å²) in [4.78, 5) is 12.4. The van der Waals surface area contributed by atoms with E-state index in [0.29, 0.717) is 0 Å². The van der Waals surface area contributed by atoms with Gasteiger partial charge in [0, 0.05) is 9.26 Å². The minimum Gasteiger partial charge on any atom is -0.374 e. The normalized spacial score (nSPS) is 12.7. The highest BCUT2D eigenvalue weighted by Crippen LogP contribution is 2.18. The van der Waals surface area contributed by atoms with Crippen LogP contribution in [0.2, 0.25) is 0 Å². The second-order valence-electron chi connectivity index (χ2n) is 6.57. The van der Waals surface area contributed by atoms with E-state index >= 15 is 0 Å². The fourth-order valence-corrected chi connectivity index (χ4v) is 3.10. The predicted octanol–water partition coefficient (Wildman–Crippen LogP) is 5.09. The van der Waals surface area contributed by atoms with Crippen LogP contribution >= 0.6 is 22.6 Å². The molecule has 0 aromatic heterocycles. The van der Waals surface area contributed by atoms with Gasteiger partial charge in [0.15, 0.2) is 0 Å². The number of rotatable bonds is 5. The Morgan fingerprint density at radius 1 is 1.04 bits per heavy atom. The number of hydrazone groups is 1. The number of halogens is 1. The van der Waals surface area contributed by atoms with Crippen molar-refractivity contribution in [2.45, 2.75) is 26.8 Å². The highest BCUT2D eigenvalue weighted by molar-refractivity contribution is 14.1. The molecule has 138 valence electrons. The van der Waals surface area contributed by atoms with Gasteiger partial charge in [-0.25, -0.2) is 5.43 Å². The van der Waals surface area contributed by atoms with Gasteiger partial charge in [-0.2, -0.15) is 5.10 Å². The molecule has 0 saturated heterocycles. The lowest BCUT2D eigenvalue weighted by Gasteiger charge is -2.14. The van der Waals surface area contributed by atoms with Gasteiger partial charge in [0.2, 0.25) is 0 Å². The maximum atomic E-state index is 12.4. The Balaban J connectivity index is 1.65. The van der Waals surface area contributed by atoms with E-state index in [-0.39, 0.29) is 5.91 Å². The zero-order valence-electron chi connectivity index (χ0n) is 15.6. The van der Waals surface area contributed by atoms with Crippen molar-refractivity contribution in [3.05, 3.63) is 75.4 Å². The van der Waals surface area contributed by atoms with E-state index in [9.17, 15) is 4.79 Å². The standard InChI is InChI=1S/C22H22IN3O/c1-14-12-20(10-11-21(14)23)24-16(3)22(27)26-25-15(2)18-9-8-17-6-4-5-7-19(17)13-18/h4-13,16,24H,1-3H3,(H,26,27)/b25-15-. The number of carbonyl (C=O) groups is 1. The number of aryl methyl sites for hydroxylation is 1. The minimum atomic E-state index is -0.391. The molecule has 3 rings (SSSR count). The molecule has 0 heterocycles. The maximum absolute atomic E-state index is 12.4. The van der Waals surface area contributed by atoms with Gasteiger partial charge in [0.1, 0.15) is 6.04 Å². The van der Waals surface area contributed by atoms with Gasteiger partial charge < -0.3 is 5.32 Å². The largest absolute Gasteiger partial charge is 0.374 e. The molecule has 1 amide bonds. The van der Waals surface area contributed by atoms with Crippen LogP contribution in [-0.2, 0) is 4.79 Å². The van der Waals surface area contributed by atoms with Crippen LogP contribution in [0.5, 0.6) is 0 Å². The average molecular weight is 471 g/mol. The molecule has 4 nitrogen and oxygen atoms in total. The summed E-state index contributed by atoms with van der Waals surface area (Å²) in [7, 11) is 0. The zero-order chi connectivity index (χ0) is 19.4. The molecular weight excluding hydrogens is 449 g/mol. The lowest BCUT2D eigenvalue weighted by atomic mass is 10.0. The van der Waals surface area contributed by atoms with E-state index in [0.717, 1.165) is 22.3 Å². The van der Waals surface area contributed by atoms with Crippen molar-refractivity contribution in [1.29, 1.82) is 0 Å². The molecule has 0 fully saturated rings. The summed E-state index contributed by atoms with van der Waals surface area (Å²) in [6.07, 6.45) is 0. The minimum absolute atomic E-state index is 0.175. The molecular formula is C22H22IN3O. The summed E-state index contributed by atoms with van der Waals surface area (Å²) >= 11 is 2.29.